The van der Waals surface area contributed by atoms with E-state index < -0.39 is 0 Å². The highest BCUT2D eigenvalue weighted by Gasteiger charge is 2.25. The Kier molecular flexibility index (Phi) is 5.88. The molecule has 0 spiro atoms. The van der Waals surface area contributed by atoms with Gasteiger partial charge in [0, 0.05) is 36.9 Å². The Morgan fingerprint density at radius 1 is 1.19 bits per heavy atom. The van der Waals surface area contributed by atoms with Crippen molar-refractivity contribution in [3.05, 3.63) is 46.0 Å². The van der Waals surface area contributed by atoms with E-state index in [1.54, 1.807) is 11.0 Å². The molecule has 0 radical (unpaired) electrons. The number of hydrogen-bond acceptors (Lipinski definition) is 5. The number of Topliss-reactive ketones (excluding diaryl/α,β-unsaturated/α-hetero) is 1. The summed E-state index contributed by atoms with van der Waals surface area (Å²) < 4.78 is 4.95. The van der Waals surface area contributed by atoms with Crippen molar-refractivity contribution in [2.24, 2.45) is 0 Å². The van der Waals surface area contributed by atoms with Crippen LogP contribution < -0.4 is 5.32 Å². The van der Waals surface area contributed by atoms with E-state index in [-0.39, 0.29) is 36.5 Å². The number of carbonyl (C=O) groups is 3. The topological polar surface area (TPSA) is 79.6 Å². The van der Waals surface area contributed by atoms with E-state index in [9.17, 15) is 14.4 Å². The number of thiophene rings is 1. The van der Waals surface area contributed by atoms with Gasteiger partial charge in [-0.25, -0.2) is 0 Å². The molecule has 2 amide bonds. The molecule has 1 N–H and O–H groups in total. The maximum Gasteiger partial charge on any atom is 0.257 e. The van der Waals surface area contributed by atoms with Gasteiger partial charge in [0.1, 0.15) is 6.26 Å². The Morgan fingerprint density at radius 2 is 1.96 bits per heavy atom. The van der Waals surface area contributed by atoms with E-state index in [1.807, 2.05) is 19.1 Å². The molecule has 1 fully saturated rings. The maximum atomic E-state index is 12.2. The largest absolute Gasteiger partial charge is 0.472 e. The number of rotatable bonds is 6. The molecular formula is C19H22N2O4S. The van der Waals surface area contributed by atoms with E-state index in [1.165, 1.54) is 23.9 Å². The molecule has 0 saturated carbocycles. The number of amides is 2. The van der Waals surface area contributed by atoms with E-state index in [0.29, 0.717) is 36.4 Å². The molecule has 1 aliphatic rings. The summed E-state index contributed by atoms with van der Waals surface area (Å²) in [5, 5.41) is 2.98. The second kappa shape index (κ2) is 8.31. The second-order valence-electron chi connectivity index (χ2n) is 6.48. The summed E-state index contributed by atoms with van der Waals surface area (Å²) in [6, 6.07) is 5.43. The van der Waals surface area contributed by atoms with Gasteiger partial charge in [-0.3, -0.25) is 14.4 Å². The van der Waals surface area contributed by atoms with Crippen molar-refractivity contribution >= 4 is 28.9 Å². The molecule has 0 aliphatic carbocycles. The van der Waals surface area contributed by atoms with Crippen molar-refractivity contribution in [3.63, 3.8) is 0 Å². The third-order valence-corrected chi connectivity index (χ3v) is 5.55. The lowest BCUT2D eigenvalue weighted by Crippen LogP contribution is -2.46. The van der Waals surface area contributed by atoms with Crippen molar-refractivity contribution in [3.8, 4) is 0 Å². The molecule has 0 aromatic carbocycles. The third kappa shape index (κ3) is 4.60. The molecule has 3 rings (SSSR count). The number of nitrogens with zero attached hydrogens (tertiary/aromatic N) is 1. The molecule has 138 valence electrons. The van der Waals surface area contributed by atoms with Gasteiger partial charge < -0.3 is 14.6 Å². The van der Waals surface area contributed by atoms with Crippen LogP contribution in [-0.4, -0.2) is 41.6 Å². The van der Waals surface area contributed by atoms with Crippen molar-refractivity contribution in [2.75, 3.05) is 13.1 Å². The third-order valence-electron chi connectivity index (χ3n) is 4.51. The van der Waals surface area contributed by atoms with Crippen LogP contribution >= 0.6 is 11.3 Å². The molecule has 2 aromatic heterocycles. The minimum Gasteiger partial charge on any atom is -0.472 e. The van der Waals surface area contributed by atoms with Crippen LogP contribution in [0.1, 0.15) is 50.6 Å². The number of aryl methyl sites for hydroxylation is 1. The lowest BCUT2D eigenvalue weighted by atomic mass is 10.0. The number of piperidine rings is 1. The summed E-state index contributed by atoms with van der Waals surface area (Å²) in [4.78, 5) is 40.0. The number of likely N-dealkylation sites (tertiary alicyclic amines) is 1. The van der Waals surface area contributed by atoms with Gasteiger partial charge in [-0.2, -0.15) is 0 Å². The van der Waals surface area contributed by atoms with E-state index >= 15 is 0 Å². The van der Waals surface area contributed by atoms with Gasteiger partial charge in [-0.1, -0.05) is 0 Å². The van der Waals surface area contributed by atoms with Crippen LogP contribution in [0.25, 0.3) is 0 Å². The highest BCUT2D eigenvalue weighted by atomic mass is 32.1. The van der Waals surface area contributed by atoms with Crippen LogP contribution in [0.15, 0.2) is 35.1 Å². The van der Waals surface area contributed by atoms with Gasteiger partial charge in [-0.05, 0) is 38.0 Å². The zero-order chi connectivity index (χ0) is 18.5. The second-order valence-corrected chi connectivity index (χ2v) is 7.77. The van der Waals surface area contributed by atoms with Gasteiger partial charge in [0.05, 0.1) is 16.7 Å². The molecule has 0 bridgehead atoms. The SMILES string of the molecule is Cc1ccc(C(=O)CCC(=O)NC2CCN(C(=O)c3ccoc3)CC2)s1. The van der Waals surface area contributed by atoms with Crippen LogP contribution in [-0.2, 0) is 4.79 Å². The Hall–Kier alpha value is -2.41. The first kappa shape index (κ1) is 18.4. The van der Waals surface area contributed by atoms with Crippen molar-refractivity contribution in [1.29, 1.82) is 0 Å². The highest BCUT2D eigenvalue weighted by Crippen LogP contribution is 2.18. The number of furan rings is 1. The minimum absolute atomic E-state index is 0.0128. The average Bonchev–Trinajstić information content (AvgIpc) is 3.31. The molecule has 26 heavy (non-hydrogen) atoms. The fourth-order valence-electron chi connectivity index (χ4n) is 3.03. The Labute approximate surface area is 156 Å². The van der Waals surface area contributed by atoms with Crippen molar-refractivity contribution in [2.45, 2.75) is 38.6 Å². The standard InChI is InChI=1S/C19H22N2O4S/c1-13-2-4-17(26-13)16(22)3-5-18(23)20-15-6-9-21(10-7-15)19(24)14-8-11-25-12-14/h2,4,8,11-12,15H,3,5-7,9-10H2,1H3,(H,20,23). The molecule has 3 heterocycles. The summed E-state index contributed by atoms with van der Waals surface area (Å²) in [5.41, 5.74) is 0.551. The van der Waals surface area contributed by atoms with Gasteiger partial charge in [0.2, 0.25) is 5.91 Å². The number of hydrogen-bond donors (Lipinski definition) is 1. The highest BCUT2D eigenvalue weighted by molar-refractivity contribution is 7.14. The Bertz CT molecular complexity index is 773. The quantitative estimate of drug-likeness (QED) is 0.788. The first-order chi connectivity index (χ1) is 12.5. The fraction of sp³-hybridized carbons (Fsp3) is 0.421. The van der Waals surface area contributed by atoms with Crippen LogP contribution in [0.2, 0.25) is 0 Å². The predicted octanol–water partition coefficient (Wildman–Crippen LogP) is 3.03. The molecule has 0 atom stereocenters. The van der Waals surface area contributed by atoms with Gasteiger partial charge in [0.25, 0.3) is 5.91 Å². The van der Waals surface area contributed by atoms with Crippen LogP contribution in [0.4, 0.5) is 0 Å². The minimum atomic E-state index is -0.105. The zero-order valence-electron chi connectivity index (χ0n) is 14.7. The molecular weight excluding hydrogens is 352 g/mol. The van der Waals surface area contributed by atoms with Gasteiger partial charge in [-0.15, -0.1) is 11.3 Å². The molecule has 2 aromatic rings. The van der Waals surface area contributed by atoms with Crippen molar-refractivity contribution in [1.82, 2.24) is 10.2 Å². The molecule has 1 aliphatic heterocycles. The Balaban J connectivity index is 1.39. The number of carbonyl (C=O) groups excluding carboxylic acids is 3. The van der Waals surface area contributed by atoms with Crippen molar-refractivity contribution < 1.29 is 18.8 Å². The average molecular weight is 374 g/mol. The molecule has 6 nitrogen and oxygen atoms in total. The molecule has 7 heteroatoms. The van der Waals surface area contributed by atoms with E-state index in [0.717, 1.165) is 4.88 Å². The van der Waals surface area contributed by atoms with Gasteiger partial charge >= 0.3 is 0 Å². The van der Waals surface area contributed by atoms with E-state index in [4.69, 9.17) is 4.42 Å². The zero-order valence-corrected chi connectivity index (χ0v) is 15.5. The van der Waals surface area contributed by atoms with Gasteiger partial charge in [0.15, 0.2) is 5.78 Å². The number of nitrogens with one attached hydrogen (secondary N) is 1. The maximum absolute atomic E-state index is 12.2. The monoisotopic (exact) mass is 374 g/mol. The molecule has 1 saturated heterocycles. The summed E-state index contributed by atoms with van der Waals surface area (Å²) in [6.45, 7) is 3.16. The summed E-state index contributed by atoms with van der Waals surface area (Å²) in [6.07, 6.45) is 4.79. The lowest BCUT2D eigenvalue weighted by molar-refractivity contribution is -0.122. The van der Waals surface area contributed by atoms with Crippen LogP contribution in [0, 0.1) is 6.92 Å². The Morgan fingerprint density at radius 3 is 2.58 bits per heavy atom. The normalized spacial score (nSPS) is 15.0. The fourth-order valence-corrected chi connectivity index (χ4v) is 3.87. The smallest absolute Gasteiger partial charge is 0.257 e. The predicted molar refractivity (Wildman–Crippen MR) is 98.4 cm³/mol. The van der Waals surface area contributed by atoms with E-state index in [2.05, 4.69) is 5.32 Å². The first-order valence-corrected chi connectivity index (χ1v) is 9.55. The molecule has 0 unspecified atom stereocenters. The summed E-state index contributed by atoms with van der Waals surface area (Å²) >= 11 is 1.46. The first-order valence-electron chi connectivity index (χ1n) is 8.73. The number of ketones is 1. The van der Waals surface area contributed by atoms with Crippen LogP contribution in [0.3, 0.4) is 0 Å². The van der Waals surface area contributed by atoms with Crippen LogP contribution in [0.5, 0.6) is 0 Å². The lowest BCUT2D eigenvalue weighted by Gasteiger charge is -2.32. The summed E-state index contributed by atoms with van der Waals surface area (Å²) in [7, 11) is 0. The summed E-state index contributed by atoms with van der Waals surface area (Å²) in [5.74, 6) is -0.134.